The summed E-state index contributed by atoms with van der Waals surface area (Å²) >= 11 is 0. The fourth-order valence-corrected chi connectivity index (χ4v) is 5.68. The molecular weight excluding hydrogens is 464 g/mol. The Kier molecular flexibility index (Phi) is 5.97. The third kappa shape index (κ3) is 4.54. The van der Waals surface area contributed by atoms with Gasteiger partial charge in [-0.2, -0.15) is 4.98 Å². The number of rotatable bonds is 5. The Labute approximate surface area is 210 Å². The summed E-state index contributed by atoms with van der Waals surface area (Å²) in [5.74, 6) is -0.444. The molecule has 0 unspecified atom stereocenters. The van der Waals surface area contributed by atoms with Crippen LogP contribution in [0.2, 0.25) is 0 Å². The number of carboxylic acid groups (broad SMARTS) is 1. The summed E-state index contributed by atoms with van der Waals surface area (Å²) in [6, 6.07) is 3.28. The van der Waals surface area contributed by atoms with Crippen molar-refractivity contribution in [3.63, 3.8) is 0 Å². The number of carbonyl (C=O) groups is 2. The van der Waals surface area contributed by atoms with E-state index >= 15 is 0 Å². The van der Waals surface area contributed by atoms with Crippen molar-refractivity contribution < 1.29 is 28.9 Å². The standard InChI is InChI=1S/C26H34N4O6/c1-15-11-29(12-16(2)30(15)24(33)36-25(3,4)5)20-7-6-18(22(31)32)21-19(20)10-27-23(28-21)34-14-26-8-17(9-26)13-35-26/h6-7,10,15-17H,8-9,11-14H2,1-5H3,(H,31,32)/t15-,16-,17?,26?/m0/s1. The Hall–Kier alpha value is -3.14. The van der Waals surface area contributed by atoms with Crippen LogP contribution in [-0.2, 0) is 9.47 Å². The average molecular weight is 499 g/mol. The van der Waals surface area contributed by atoms with Crippen molar-refractivity contribution >= 4 is 28.7 Å². The van der Waals surface area contributed by atoms with E-state index in [9.17, 15) is 14.7 Å². The molecule has 0 radical (unpaired) electrons. The van der Waals surface area contributed by atoms with Gasteiger partial charge < -0.3 is 24.2 Å². The molecule has 3 saturated heterocycles. The molecule has 4 heterocycles. The first-order valence-corrected chi connectivity index (χ1v) is 12.5. The molecule has 1 aromatic heterocycles. The highest BCUT2D eigenvalue weighted by atomic mass is 16.6. The summed E-state index contributed by atoms with van der Waals surface area (Å²) in [6.07, 6.45) is 3.26. The van der Waals surface area contributed by atoms with E-state index < -0.39 is 11.6 Å². The maximum atomic E-state index is 12.8. The summed E-state index contributed by atoms with van der Waals surface area (Å²) in [5, 5.41) is 10.4. The fourth-order valence-electron chi connectivity index (χ4n) is 5.68. The Morgan fingerprint density at radius 2 is 1.89 bits per heavy atom. The minimum atomic E-state index is -1.06. The zero-order valence-corrected chi connectivity index (χ0v) is 21.5. The van der Waals surface area contributed by atoms with Gasteiger partial charge in [-0.3, -0.25) is 4.90 Å². The summed E-state index contributed by atoms with van der Waals surface area (Å²) in [4.78, 5) is 37.6. The smallest absolute Gasteiger partial charge is 0.410 e. The van der Waals surface area contributed by atoms with Crippen LogP contribution in [-0.4, -0.2) is 81.6 Å². The van der Waals surface area contributed by atoms with E-state index in [1.54, 1.807) is 23.2 Å². The maximum absolute atomic E-state index is 12.8. The number of aromatic carboxylic acids is 1. The summed E-state index contributed by atoms with van der Waals surface area (Å²) in [5.41, 5.74) is 0.422. The Balaban J connectivity index is 1.40. The number of fused-ring (bicyclic) bond motifs is 2. The van der Waals surface area contributed by atoms with E-state index in [0.29, 0.717) is 36.5 Å². The minimum absolute atomic E-state index is 0.0912. The second kappa shape index (κ2) is 8.76. The zero-order chi connectivity index (χ0) is 25.8. The largest absolute Gasteiger partial charge is 0.478 e. The first kappa shape index (κ1) is 24.5. The normalized spacial score (nSPS) is 27.6. The second-order valence-electron chi connectivity index (χ2n) is 11.4. The number of aromatic nitrogens is 2. The number of benzene rings is 1. The van der Waals surface area contributed by atoms with Crippen molar-refractivity contribution in [2.45, 2.75) is 70.7 Å². The molecule has 10 heteroatoms. The predicted molar refractivity (Wildman–Crippen MR) is 133 cm³/mol. The molecule has 36 heavy (non-hydrogen) atoms. The number of carbonyl (C=O) groups excluding carboxylic acids is 1. The van der Waals surface area contributed by atoms with Crippen molar-refractivity contribution in [2.75, 3.05) is 31.2 Å². The topological polar surface area (TPSA) is 114 Å². The lowest BCUT2D eigenvalue weighted by Crippen LogP contribution is -2.59. The molecule has 6 rings (SSSR count). The number of amides is 1. The van der Waals surface area contributed by atoms with Crippen LogP contribution in [0, 0.1) is 5.92 Å². The Morgan fingerprint density at radius 1 is 1.19 bits per heavy atom. The molecule has 1 saturated carbocycles. The van der Waals surface area contributed by atoms with E-state index in [2.05, 4.69) is 14.9 Å². The second-order valence-corrected chi connectivity index (χ2v) is 11.4. The first-order valence-electron chi connectivity index (χ1n) is 12.5. The molecule has 10 nitrogen and oxygen atoms in total. The van der Waals surface area contributed by atoms with Gasteiger partial charge in [-0.1, -0.05) is 0 Å². The predicted octanol–water partition coefficient (Wildman–Crippen LogP) is 3.72. The summed E-state index contributed by atoms with van der Waals surface area (Å²) in [7, 11) is 0. The third-order valence-corrected chi connectivity index (χ3v) is 7.21. The van der Waals surface area contributed by atoms with Crippen LogP contribution in [0.3, 0.4) is 0 Å². The van der Waals surface area contributed by atoms with Crippen molar-refractivity contribution in [2.24, 2.45) is 5.92 Å². The summed E-state index contributed by atoms with van der Waals surface area (Å²) < 4.78 is 17.3. The van der Waals surface area contributed by atoms with Crippen molar-refractivity contribution in [3.8, 4) is 6.01 Å². The maximum Gasteiger partial charge on any atom is 0.410 e. The van der Waals surface area contributed by atoms with Crippen LogP contribution in [0.4, 0.5) is 10.5 Å². The molecule has 0 spiro atoms. The monoisotopic (exact) mass is 498 g/mol. The molecular formula is C26H34N4O6. The van der Waals surface area contributed by atoms with E-state index in [1.807, 2.05) is 34.6 Å². The van der Waals surface area contributed by atoms with Gasteiger partial charge in [-0.15, -0.1) is 0 Å². The molecule has 4 aliphatic rings. The van der Waals surface area contributed by atoms with Crippen LogP contribution in [0.25, 0.3) is 10.9 Å². The van der Waals surface area contributed by atoms with Gasteiger partial charge in [0.15, 0.2) is 0 Å². The number of anilines is 1. The number of hydrogen-bond donors (Lipinski definition) is 1. The van der Waals surface area contributed by atoms with Gasteiger partial charge in [0.25, 0.3) is 0 Å². The number of carboxylic acids is 1. The quantitative estimate of drug-likeness (QED) is 0.659. The molecule has 4 fully saturated rings. The highest BCUT2D eigenvalue weighted by molar-refractivity contribution is 6.06. The van der Waals surface area contributed by atoms with Crippen LogP contribution >= 0.6 is 0 Å². The van der Waals surface area contributed by atoms with Crippen LogP contribution < -0.4 is 9.64 Å². The highest BCUT2D eigenvalue weighted by Crippen LogP contribution is 2.48. The lowest BCUT2D eigenvalue weighted by Gasteiger charge is -2.45. The van der Waals surface area contributed by atoms with Gasteiger partial charge in [-0.25, -0.2) is 14.6 Å². The number of hydrogen-bond acceptors (Lipinski definition) is 8. The fraction of sp³-hybridized carbons (Fsp3) is 0.615. The SMILES string of the molecule is C[C@H]1CN(c2ccc(C(=O)O)c3nc(OCC45CC(CO4)C5)ncc23)C[C@H](C)N1C(=O)OC(C)(C)C. The molecule has 1 aliphatic carbocycles. The van der Waals surface area contributed by atoms with Gasteiger partial charge in [0.1, 0.15) is 17.8 Å². The molecule has 3 aliphatic heterocycles. The van der Waals surface area contributed by atoms with Gasteiger partial charge in [0.2, 0.25) is 0 Å². The molecule has 1 amide bonds. The summed E-state index contributed by atoms with van der Waals surface area (Å²) in [6.45, 7) is 11.8. The third-order valence-electron chi connectivity index (χ3n) is 7.21. The lowest BCUT2D eigenvalue weighted by molar-refractivity contribution is -0.0379. The lowest BCUT2D eigenvalue weighted by atomic mass is 9.75. The van der Waals surface area contributed by atoms with E-state index in [1.165, 1.54) is 0 Å². The Morgan fingerprint density at radius 3 is 2.47 bits per heavy atom. The Bertz CT molecular complexity index is 1170. The van der Waals surface area contributed by atoms with Crippen LogP contribution in [0.15, 0.2) is 18.3 Å². The molecule has 1 aromatic carbocycles. The van der Waals surface area contributed by atoms with E-state index in [4.69, 9.17) is 14.2 Å². The first-order chi connectivity index (χ1) is 16.9. The van der Waals surface area contributed by atoms with Crippen molar-refractivity contribution in [1.82, 2.24) is 14.9 Å². The van der Waals surface area contributed by atoms with E-state index in [0.717, 1.165) is 25.1 Å². The molecule has 1 N–H and O–H groups in total. The molecule has 2 atom stereocenters. The van der Waals surface area contributed by atoms with Crippen LogP contribution in [0.1, 0.15) is 57.8 Å². The van der Waals surface area contributed by atoms with E-state index in [-0.39, 0.29) is 35.4 Å². The number of ether oxygens (including phenoxy) is 3. The average Bonchev–Trinajstić information content (AvgIpc) is 3.36. The number of nitrogens with zero attached hydrogens (tertiary/aromatic N) is 4. The molecule has 2 bridgehead atoms. The number of piperazine rings is 1. The van der Waals surface area contributed by atoms with Gasteiger partial charge in [0, 0.05) is 30.4 Å². The van der Waals surface area contributed by atoms with Crippen LogP contribution in [0.5, 0.6) is 6.01 Å². The highest BCUT2D eigenvalue weighted by Gasteiger charge is 2.52. The van der Waals surface area contributed by atoms with Gasteiger partial charge in [0.05, 0.1) is 29.8 Å². The van der Waals surface area contributed by atoms with Crippen molar-refractivity contribution in [3.05, 3.63) is 23.9 Å². The minimum Gasteiger partial charge on any atom is -0.478 e. The van der Waals surface area contributed by atoms with Gasteiger partial charge in [-0.05, 0) is 65.5 Å². The van der Waals surface area contributed by atoms with Gasteiger partial charge >= 0.3 is 18.1 Å². The molecule has 2 aromatic rings. The zero-order valence-electron chi connectivity index (χ0n) is 21.5. The van der Waals surface area contributed by atoms with Crippen molar-refractivity contribution in [1.29, 1.82) is 0 Å². The molecule has 194 valence electrons.